The van der Waals surface area contributed by atoms with Crippen molar-refractivity contribution in [2.75, 3.05) is 13.1 Å². The highest BCUT2D eigenvalue weighted by Gasteiger charge is 2.12. The lowest BCUT2D eigenvalue weighted by atomic mass is 10.2. The van der Waals surface area contributed by atoms with Gasteiger partial charge in [0.2, 0.25) is 0 Å². The fourth-order valence-corrected chi connectivity index (χ4v) is 0.762. The van der Waals surface area contributed by atoms with Crippen molar-refractivity contribution in [1.82, 2.24) is 5.32 Å². The predicted octanol–water partition coefficient (Wildman–Crippen LogP) is -1.74. The van der Waals surface area contributed by atoms with Gasteiger partial charge in [0.1, 0.15) is 10.5 Å². The second-order valence-corrected chi connectivity index (χ2v) is 1.99. The molecular formula is C3H9NOSi. The summed E-state index contributed by atoms with van der Waals surface area (Å²) >= 11 is 0. The molecule has 1 saturated heterocycles. The van der Waals surface area contributed by atoms with Crippen LogP contribution in [0.1, 0.15) is 0 Å². The monoisotopic (exact) mass is 103 g/mol. The molecule has 1 aliphatic rings. The lowest BCUT2D eigenvalue weighted by Crippen LogP contribution is -2.48. The van der Waals surface area contributed by atoms with Crippen LogP contribution in [-0.2, 0) is 4.43 Å². The zero-order valence-corrected chi connectivity index (χ0v) is 5.90. The Morgan fingerprint density at radius 2 is 2.33 bits per heavy atom. The van der Waals surface area contributed by atoms with Crippen LogP contribution in [0.25, 0.3) is 0 Å². The van der Waals surface area contributed by atoms with E-state index in [1.54, 1.807) is 0 Å². The molecule has 3 heteroatoms. The standard InChI is InChI=1S/C3H9NOSi/c6-5-3-1-4-2-3/h3-4H,1-2H2,6H3. The molecule has 1 N–H and O–H groups in total. The maximum atomic E-state index is 5.06. The van der Waals surface area contributed by atoms with Crippen LogP contribution in [0.15, 0.2) is 0 Å². The summed E-state index contributed by atoms with van der Waals surface area (Å²) in [6, 6.07) is 0. The molecule has 0 aromatic heterocycles. The second-order valence-electron chi connectivity index (χ2n) is 1.52. The Hall–Kier alpha value is 0.137. The third-order valence-electron chi connectivity index (χ3n) is 1.08. The SMILES string of the molecule is [SiH3]OC1CNC1. The predicted molar refractivity (Wildman–Crippen MR) is 27.7 cm³/mol. The van der Waals surface area contributed by atoms with Crippen molar-refractivity contribution in [2.45, 2.75) is 6.10 Å². The van der Waals surface area contributed by atoms with Gasteiger partial charge in [0.05, 0.1) is 6.10 Å². The summed E-state index contributed by atoms with van der Waals surface area (Å²) in [7, 11) is 0.894. The highest BCUT2D eigenvalue weighted by Crippen LogP contribution is 1.92. The van der Waals surface area contributed by atoms with E-state index in [9.17, 15) is 0 Å². The van der Waals surface area contributed by atoms with E-state index in [1.165, 1.54) is 0 Å². The molecular weight excluding hydrogens is 94.1 g/mol. The van der Waals surface area contributed by atoms with Crippen molar-refractivity contribution >= 4 is 10.5 Å². The summed E-state index contributed by atoms with van der Waals surface area (Å²) in [5.74, 6) is 0. The summed E-state index contributed by atoms with van der Waals surface area (Å²) < 4.78 is 5.06. The maximum absolute atomic E-state index is 5.06. The Labute approximate surface area is 40.4 Å². The van der Waals surface area contributed by atoms with Crippen LogP contribution in [0.2, 0.25) is 0 Å². The van der Waals surface area contributed by atoms with E-state index >= 15 is 0 Å². The zero-order valence-electron chi connectivity index (χ0n) is 3.90. The first-order valence-corrected chi connectivity index (χ1v) is 2.98. The van der Waals surface area contributed by atoms with Gasteiger partial charge < -0.3 is 9.74 Å². The largest absolute Gasteiger partial charge is 0.422 e. The van der Waals surface area contributed by atoms with Gasteiger partial charge >= 0.3 is 0 Å². The van der Waals surface area contributed by atoms with Crippen LogP contribution in [0, 0.1) is 0 Å². The molecule has 0 aromatic rings. The molecule has 2 nitrogen and oxygen atoms in total. The van der Waals surface area contributed by atoms with Crippen LogP contribution >= 0.6 is 0 Å². The Bertz CT molecular complexity index is 43.3. The first-order valence-electron chi connectivity index (χ1n) is 2.17. The molecule has 0 atom stereocenters. The normalized spacial score (nSPS) is 24.0. The molecule has 0 spiro atoms. The van der Waals surface area contributed by atoms with Crippen molar-refractivity contribution in [1.29, 1.82) is 0 Å². The fraction of sp³-hybridized carbons (Fsp3) is 1.00. The van der Waals surface area contributed by atoms with E-state index in [0.717, 1.165) is 23.6 Å². The summed E-state index contributed by atoms with van der Waals surface area (Å²) in [6.45, 7) is 2.15. The van der Waals surface area contributed by atoms with Gasteiger partial charge in [-0.15, -0.1) is 0 Å². The van der Waals surface area contributed by atoms with Crippen molar-refractivity contribution in [3.8, 4) is 0 Å². The molecule has 0 saturated carbocycles. The molecule has 1 fully saturated rings. The summed E-state index contributed by atoms with van der Waals surface area (Å²) in [5, 5.41) is 3.11. The molecule has 0 aliphatic carbocycles. The quantitative estimate of drug-likeness (QED) is 0.398. The van der Waals surface area contributed by atoms with E-state index in [2.05, 4.69) is 5.32 Å². The van der Waals surface area contributed by atoms with Crippen molar-refractivity contribution in [3.05, 3.63) is 0 Å². The van der Waals surface area contributed by atoms with E-state index in [0.29, 0.717) is 6.10 Å². The smallest absolute Gasteiger partial charge is 0.146 e. The summed E-state index contributed by atoms with van der Waals surface area (Å²) in [4.78, 5) is 0. The Morgan fingerprint density at radius 1 is 1.67 bits per heavy atom. The van der Waals surface area contributed by atoms with Crippen LogP contribution in [0.5, 0.6) is 0 Å². The van der Waals surface area contributed by atoms with Gasteiger partial charge in [-0.05, 0) is 0 Å². The molecule has 0 amide bonds. The Morgan fingerprint density at radius 3 is 2.33 bits per heavy atom. The molecule has 1 rings (SSSR count). The maximum Gasteiger partial charge on any atom is 0.146 e. The average molecular weight is 103 g/mol. The number of nitrogens with one attached hydrogen (secondary N) is 1. The van der Waals surface area contributed by atoms with Gasteiger partial charge in [0.15, 0.2) is 0 Å². The molecule has 0 unspecified atom stereocenters. The highest BCUT2D eigenvalue weighted by atomic mass is 28.2. The van der Waals surface area contributed by atoms with Crippen molar-refractivity contribution in [2.24, 2.45) is 0 Å². The molecule has 0 bridgehead atoms. The topological polar surface area (TPSA) is 21.3 Å². The van der Waals surface area contributed by atoms with Gasteiger partial charge in [-0.1, -0.05) is 0 Å². The van der Waals surface area contributed by atoms with E-state index in [-0.39, 0.29) is 0 Å². The molecule has 1 aliphatic heterocycles. The van der Waals surface area contributed by atoms with Crippen LogP contribution in [-0.4, -0.2) is 29.7 Å². The van der Waals surface area contributed by atoms with Crippen LogP contribution < -0.4 is 5.32 Å². The first-order chi connectivity index (χ1) is 2.93. The summed E-state index contributed by atoms with van der Waals surface area (Å²) in [5.41, 5.74) is 0. The minimum Gasteiger partial charge on any atom is -0.422 e. The Balaban J connectivity index is 2.01. The zero-order chi connectivity index (χ0) is 4.41. The van der Waals surface area contributed by atoms with Crippen LogP contribution in [0.3, 0.4) is 0 Å². The molecule has 0 aromatic carbocycles. The minimum atomic E-state index is 0.566. The average Bonchev–Trinajstić information content (AvgIpc) is 1.31. The molecule has 36 valence electrons. The van der Waals surface area contributed by atoms with Crippen LogP contribution in [0.4, 0.5) is 0 Å². The second kappa shape index (κ2) is 1.73. The first kappa shape index (κ1) is 4.30. The Kier molecular flexibility index (Phi) is 1.24. The van der Waals surface area contributed by atoms with E-state index < -0.39 is 0 Å². The fourth-order valence-electron chi connectivity index (χ4n) is 0.429. The van der Waals surface area contributed by atoms with Gasteiger partial charge in [0.25, 0.3) is 0 Å². The molecule has 1 heterocycles. The minimum absolute atomic E-state index is 0.566. The third kappa shape index (κ3) is 0.615. The van der Waals surface area contributed by atoms with E-state index in [4.69, 9.17) is 4.43 Å². The lowest BCUT2D eigenvalue weighted by Gasteiger charge is -2.25. The van der Waals surface area contributed by atoms with Crippen molar-refractivity contribution in [3.63, 3.8) is 0 Å². The summed E-state index contributed by atoms with van der Waals surface area (Å²) in [6.07, 6.45) is 0.566. The number of hydrogen-bond donors (Lipinski definition) is 1. The van der Waals surface area contributed by atoms with Gasteiger partial charge in [-0.25, -0.2) is 0 Å². The van der Waals surface area contributed by atoms with Gasteiger partial charge in [-0.2, -0.15) is 0 Å². The van der Waals surface area contributed by atoms with Crippen molar-refractivity contribution < 1.29 is 4.43 Å². The van der Waals surface area contributed by atoms with Gasteiger partial charge in [0, 0.05) is 13.1 Å². The molecule has 0 radical (unpaired) electrons. The third-order valence-corrected chi connectivity index (χ3v) is 1.74. The number of hydrogen-bond acceptors (Lipinski definition) is 2. The lowest BCUT2D eigenvalue weighted by molar-refractivity contribution is 0.156. The molecule has 6 heavy (non-hydrogen) atoms. The van der Waals surface area contributed by atoms with E-state index in [1.807, 2.05) is 0 Å². The highest BCUT2D eigenvalue weighted by molar-refractivity contribution is 5.98. The van der Waals surface area contributed by atoms with Gasteiger partial charge in [-0.3, -0.25) is 0 Å². The number of rotatable bonds is 1.